The lowest BCUT2D eigenvalue weighted by Gasteiger charge is -2.17. The molecule has 1 aromatic rings. The van der Waals surface area contributed by atoms with Gasteiger partial charge >= 0.3 is 5.97 Å². The van der Waals surface area contributed by atoms with Crippen LogP contribution in [0.4, 0.5) is 0 Å². The fourth-order valence-electron chi connectivity index (χ4n) is 1.75. The summed E-state index contributed by atoms with van der Waals surface area (Å²) in [5.74, 6) is -0.651. The fourth-order valence-corrected chi connectivity index (χ4v) is 2.01. The third-order valence-corrected chi connectivity index (χ3v) is 3.32. The lowest BCUT2D eigenvalue weighted by atomic mass is 9.92. The number of halogens is 1. The molecule has 116 valence electrons. The molecule has 4 nitrogen and oxygen atoms in total. The Balaban J connectivity index is 2.40. The van der Waals surface area contributed by atoms with E-state index in [-0.39, 0.29) is 29.9 Å². The molecule has 0 fully saturated rings. The van der Waals surface area contributed by atoms with Crippen molar-refractivity contribution in [3.05, 3.63) is 34.3 Å². The lowest BCUT2D eigenvalue weighted by molar-refractivity contribution is -0.150. The number of nitrogens with one attached hydrogen (secondary N) is 1. The minimum Gasteiger partial charge on any atom is -0.456 e. The van der Waals surface area contributed by atoms with Gasteiger partial charge in [0.1, 0.15) is 0 Å². The van der Waals surface area contributed by atoms with E-state index in [4.69, 9.17) is 4.74 Å². The van der Waals surface area contributed by atoms with Crippen molar-refractivity contribution in [2.24, 2.45) is 5.41 Å². The number of esters is 1. The largest absolute Gasteiger partial charge is 0.456 e. The van der Waals surface area contributed by atoms with Gasteiger partial charge < -0.3 is 10.1 Å². The van der Waals surface area contributed by atoms with Gasteiger partial charge in [-0.15, -0.1) is 0 Å². The Morgan fingerprint density at radius 3 is 2.33 bits per heavy atom. The van der Waals surface area contributed by atoms with Crippen LogP contribution in [0, 0.1) is 5.41 Å². The van der Waals surface area contributed by atoms with Gasteiger partial charge in [0.05, 0.1) is 12.5 Å². The van der Waals surface area contributed by atoms with Crippen LogP contribution in [0.25, 0.3) is 0 Å². The summed E-state index contributed by atoms with van der Waals surface area (Å²) in [5, 5.41) is 2.80. The summed E-state index contributed by atoms with van der Waals surface area (Å²) in [6.07, 6.45) is 0.294. The molecule has 0 bridgehead atoms. The molecule has 0 saturated heterocycles. The Kier molecular flexibility index (Phi) is 6.40. The SMILES string of the molecule is C[C@H](NC(=O)COC(=O)CC(C)(C)C)c1ccc(Br)cc1. The van der Waals surface area contributed by atoms with Gasteiger partial charge in [-0.2, -0.15) is 0 Å². The summed E-state index contributed by atoms with van der Waals surface area (Å²) in [6.45, 7) is 7.49. The van der Waals surface area contributed by atoms with Gasteiger partial charge in [0.15, 0.2) is 6.61 Å². The lowest BCUT2D eigenvalue weighted by Crippen LogP contribution is -2.31. The Hall–Kier alpha value is -1.36. The quantitative estimate of drug-likeness (QED) is 0.820. The van der Waals surface area contributed by atoms with Crippen LogP contribution in [0.2, 0.25) is 0 Å². The van der Waals surface area contributed by atoms with E-state index in [9.17, 15) is 9.59 Å². The fraction of sp³-hybridized carbons (Fsp3) is 0.500. The van der Waals surface area contributed by atoms with Gasteiger partial charge in [-0.05, 0) is 30.0 Å². The van der Waals surface area contributed by atoms with E-state index >= 15 is 0 Å². The molecule has 0 aromatic heterocycles. The van der Waals surface area contributed by atoms with Crippen molar-refractivity contribution in [1.29, 1.82) is 0 Å². The number of carbonyl (C=O) groups excluding carboxylic acids is 2. The van der Waals surface area contributed by atoms with Crippen LogP contribution in [-0.4, -0.2) is 18.5 Å². The van der Waals surface area contributed by atoms with Crippen LogP contribution in [-0.2, 0) is 14.3 Å². The molecular weight excluding hydrogens is 334 g/mol. The molecule has 0 aliphatic heterocycles. The molecule has 0 heterocycles. The summed E-state index contributed by atoms with van der Waals surface area (Å²) in [7, 11) is 0. The van der Waals surface area contributed by atoms with Crippen LogP contribution in [0.3, 0.4) is 0 Å². The van der Waals surface area contributed by atoms with Crippen molar-refractivity contribution in [1.82, 2.24) is 5.32 Å². The molecule has 1 aromatic carbocycles. The first-order valence-electron chi connectivity index (χ1n) is 6.88. The van der Waals surface area contributed by atoms with Crippen molar-refractivity contribution in [2.75, 3.05) is 6.61 Å². The van der Waals surface area contributed by atoms with Crippen molar-refractivity contribution in [3.8, 4) is 0 Å². The minimum atomic E-state index is -0.353. The molecule has 21 heavy (non-hydrogen) atoms. The van der Waals surface area contributed by atoms with E-state index in [0.717, 1.165) is 10.0 Å². The Morgan fingerprint density at radius 1 is 1.24 bits per heavy atom. The molecule has 0 saturated carbocycles. The monoisotopic (exact) mass is 355 g/mol. The highest BCUT2D eigenvalue weighted by Crippen LogP contribution is 2.19. The van der Waals surface area contributed by atoms with Crippen molar-refractivity contribution in [2.45, 2.75) is 40.2 Å². The van der Waals surface area contributed by atoms with E-state index in [1.165, 1.54) is 0 Å². The second kappa shape index (κ2) is 7.59. The minimum absolute atomic E-state index is 0.132. The van der Waals surface area contributed by atoms with Gasteiger partial charge in [-0.1, -0.05) is 48.8 Å². The second-order valence-corrected chi connectivity index (χ2v) is 7.15. The zero-order valence-corrected chi connectivity index (χ0v) is 14.5. The number of amides is 1. The smallest absolute Gasteiger partial charge is 0.306 e. The Morgan fingerprint density at radius 2 is 1.81 bits per heavy atom. The predicted molar refractivity (Wildman–Crippen MR) is 85.7 cm³/mol. The average Bonchev–Trinajstić information content (AvgIpc) is 2.35. The Bertz CT molecular complexity index is 491. The molecular formula is C16H22BrNO3. The van der Waals surface area contributed by atoms with Crippen molar-refractivity contribution < 1.29 is 14.3 Å². The van der Waals surface area contributed by atoms with Crippen molar-refractivity contribution in [3.63, 3.8) is 0 Å². The third kappa shape index (κ3) is 7.27. The van der Waals surface area contributed by atoms with Gasteiger partial charge in [-0.25, -0.2) is 0 Å². The van der Waals surface area contributed by atoms with Gasteiger partial charge in [-0.3, -0.25) is 9.59 Å². The van der Waals surface area contributed by atoms with Gasteiger partial charge in [0.25, 0.3) is 5.91 Å². The number of hydrogen-bond acceptors (Lipinski definition) is 3. The standard InChI is InChI=1S/C16H22BrNO3/c1-11(12-5-7-13(17)8-6-12)18-14(19)10-21-15(20)9-16(2,3)4/h5-8,11H,9-10H2,1-4H3,(H,18,19)/t11-/m0/s1. The average molecular weight is 356 g/mol. The summed E-state index contributed by atoms with van der Waals surface area (Å²) in [5.41, 5.74) is 0.853. The Labute approximate surface area is 134 Å². The summed E-state index contributed by atoms with van der Waals surface area (Å²) >= 11 is 3.37. The first-order valence-corrected chi connectivity index (χ1v) is 7.67. The molecule has 1 amide bonds. The maximum atomic E-state index is 11.8. The highest BCUT2D eigenvalue weighted by molar-refractivity contribution is 9.10. The third-order valence-electron chi connectivity index (χ3n) is 2.79. The molecule has 0 unspecified atom stereocenters. The van der Waals surface area contributed by atoms with Gasteiger partial charge in [0.2, 0.25) is 0 Å². The van der Waals surface area contributed by atoms with E-state index in [1.807, 2.05) is 52.0 Å². The van der Waals surface area contributed by atoms with Crippen LogP contribution >= 0.6 is 15.9 Å². The number of rotatable bonds is 5. The maximum absolute atomic E-state index is 11.8. The molecule has 0 radical (unpaired) electrons. The van der Waals surface area contributed by atoms with Crippen molar-refractivity contribution >= 4 is 27.8 Å². The van der Waals surface area contributed by atoms with Gasteiger partial charge in [0, 0.05) is 4.47 Å². The van der Waals surface area contributed by atoms with E-state index in [1.54, 1.807) is 0 Å². The van der Waals surface area contributed by atoms with E-state index in [0.29, 0.717) is 6.42 Å². The summed E-state index contributed by atoms with van der Waals surface area (Å²) in [4.78, 5) is 23.3. The molecule has 1 atom stereocenters. The summed E-state index contributed by atoms with van der Waals surface area (Å²) in [6, 6.07) is 7.57. The highest BCUT2D eigenvalue weighted by atomic mass is 79.9. The first-order chi connectivity index (χ1) is 9.67. The second-order valence-electron chi connectivity index (χ2n) is 6.24. The maximum Gasteiger partial charge on any atom is 0.306 e. The molecule has 0 aliphatic carbocycles. The molecule has 1 rings (SSSR count). The topological polar surface area (TPSA) is 55.4 Å². The highest BCUT2D eigenvalue weighted by Gasteiger charge is 2.18. The molecule has 5 heteroatoms. The first kappa shape index (κ1) is 17.7. The zero-order chi connectivity index (χ0) is 16.0. The number of hydrogen-bond donors (Lipinski definition) is 1. The molecule has 1 N–H and O–H groups in total. The predicted octanol–water partition coefficient (Wildman–Crippen LogP) is 3.61. The normalized spacial score (nSPS) is 12.6. The molecule has 0 spiro atoms. The van der Waals surface area contributed by atoms with E-state index in [2.05, 4.69) is 21.2 Å². The van der Waals surface area contributed by atoms with E-state index < -0.39 is 0 Å². The van der Waals surface area contributed by atoms with Crippen LogP contribution in [0.15, 0.2) is 28.7 Å². The number of benzene rings is 1. The number of carbonyl (C=O) groups is 2. The number of ether oxygens (including phenoxy) is 1. The van der Waals surface area contributed by atoms with Crippen LogP contribution in [0.1, 0.15) is 45.7 Å². The van der Waals surface area contributed by atoms with Crippen LogP contribution in [0.5, 0.6) is 0 Å². The van der Waals surface area contributed by atoms with Crippen LogP contribution < -0.4 is 5.32 Å². The zero-order valence-electron chi connectivity index (χ0n) is 12.9. The molecule has 0 aliphatic rings. The summed E-state index contributed by atoms with van der Waals surface area (Å²) < 4.78 is 5.96.